The maximum Gasteiger partial charge on any atom is 0.355 e. The second-order valence-corrected chi connectivity index (χ2v) is 4.85. The molecule has 1 aliphatic heterocycles. The predicted octanol–water partition coefficient (Wildman–Crippen LogP) is 3.30. The Bertz CT molecular complexity index is 580. The number of ether oxygens (including phenoxy) is 2. The van der Waals surface area contributed by atoms with E-state index >= 15 is 0 Å². The van der Waals surface area contributed by atoms with E-state index in [1.54, 1.807) is 0 Å². The number of hydrogen-bond donors (Lipinski definition) is 0. The molecule has 102 valence electrons. The second-order valence-electron chi connectivity index (χ2n) is 4.85. The SMILES string of the molecule is O=C1OCCCC1(Oc1ccccc1)c1ccccc1. The van der Waals surface area contributed by atoms with Gasteiger partial charge in [-0.1, -0.05) is 48.5 Å². The van der Waals surface area contributed by atoms with Gasteiger partial charge in [0, 0.05) is 12.0 Å². The third kappa shape index (κ3) is 2.27. The lowest BCUT2D eigenvalue weighted by Crippen LogP contribution is -2.46. The van der Waals surface area contributed by atoms with Gasteiger partial charge in [-0.05, 0) is 18.6 Å². The van der Waals surface area contributed by atoms with E-state index in [9.17, 15) is 4.79 Å². The van der Waals surface area contributed by atoms with Crippen LogP contribution in [0.15, 0.2) is 60.7 Å². The van der Waals surface area contributed by atoms with Crippen LogP contribution in [0.3, 0.4) is 0 Å². The van der Waals surface area contributed by atoms with Gasteiger partial charge in [-0.2, -0.15) is 0 Å². The first-order valence-electron chi connectivity index (χ1n) is 6.78. The summed E-state index contributed by atoms with van der Waals surface area (Å²) in [7, 11) is 0. The Labute approximate surface area is 118 Å². The minimum absolute atomic E-state index is 0.307. The number of esters is 1. The van der Waals surface area contributed by atoms with Crippen LogP contribution in [0.25, 0.3) is 0 Å². The lowest BCUT2D eigenvalue weighted by Gasteiger charge is -2.35. The first-order valence-corrected chi connectivity index (χ1v) is 6.78. The quantitative estimate of drug-likeness (QED) is 0.801. The Morgan fingerprint density at radius 3 is 2.25 bits per heavy atom. The molecule has 1 heterocycles. The zero-order chi connectivity index (χ0) is 13.8. The van der Waals surface area contributed by atoms with Gasteiger partial charge in [0.1, 0.15) is 5.75 Å². The highest BCUT2D eigenvalue weighted by Gasteiger charge is 2.46. The van der Waals surface area contributed by atoms with Gasteiger partial charge >= 0.3 is 5.97 Å². The number of benzene rings is 2. The average Bonchev–Trinajstić information content (AvgIpc) is 2.52. The van der Waals surface area contributed by atoms with Gasteiger partial charge in [0.05, 0.1) is 6.61 Å². The Kier molecular flexibility index (Phi) is 3.42. The molecule has 1 aliphatic rings. The average molecular weight is 268 g/mol. The zero-order valence-corrected chi connectivity index (χ0v) is 11.1. The van der Waals surface area contributed by atoms with Crippen LogP contribution in [0.1, 0.15) is 18.4 Å². The summed E-state index contributed by atoms with van der Waals surface area (Å²) < 4.78 is 11.3. The first kappa shape index (κ1) is 12.7. The van der Waals surface area contributed by atoms with Gasteiger partial charge in [-0.15, -0.1) is 0 Å². The van der Waals surface area contributed by atoms with E-state index in [0.717, 1.165) is 12.0 Å². The third-order valence-electron chi connectivity index (χ3n) is 3.51. The van der Waals surface area contributed by atoms with Gasteiger partial charge in [-0.25, -0.2) is 4.79 Å². The maximum absolute atomic E-state index is 12.4. The highest BCUT2D eigenvalue weighted by molar-refractivity contribution is 5.82. The van der Waals surface area contributed by atoms with E-state index in [-0.39, 0.29) is 5.97 Å². The molecular formula is C17H16O3. The highest BCUT2D eigenvalue weighted by Crippen LogP contribution is 2.36. The van der Waals surface area contributed by atoms with Crippen molar-refractivity contribution >= 4 is 5.97 Å². The molecule has 1 unspecified atom stereocenters. The van der Waals surface area contributed by atoms with Crippen LogP contribution in [0.4, 0.5) is 0 Å². The fraction of sp³-hybridized carbons (Fsp3) is 0.235. The lowest BCUT2D eigenvalue weighted by atomic mass is 9.87. The van der Waals surface area contributed by atoms with Gasteiger partial charge < -0.3 is 9.47 Å². The summed E-state index contributed by atoms with van der Waals surface area (Å²) in [5.41, 5.74) is -0.186. The molecule has 0 saturated carbocycles. The van der Waals surface area contributed by atoms with E-state index in [0.29, 0.717) is 18.8 Å². The number of carbonyl (C=O) groups is 1. The Morgan fingerprint density at radius 1 is 0.950 bits per heavy atom. The minimum Gasteiger partial charge on any atom is -0.471 e. The molecule has 3 rings (SSSR count). The Morgan fingerprint density at radius 2 is 1.60 bits per heavy atom. The van der Waals surface area contributed by atoms with Crippen molar-refractivity contribution in [1.29, 1.82) is 0 Å². The standard InChI is InChI=1S/C17H16O3/c18-16-17(12-7-13-19-16,14-8-3-1-4-9-14)20-15-10-5-2-6-11-15/h1-6,8-11H,7,12-13H2. The molecule has 0 radical (unpaired) electrons. The van der Waals surface area contributed by atoms with Crippen LogP contribution in [0.2, 0.25) is 0 Å². The monoisotopic (exact) mass is 268 g/mol. The van der Waals surface area contributed by atoms with Crippen molar-refractivity contribution in [3.8, 4) is 5.75 Å². The van der Waals surface area contributed by atoms with E-state index in [1.165, 1.54) is 0 Å². The fourth-order valence-electron chi connectivity index (χ4n) is 2.52. The zero-order valence-electron chi connectivity index (χ0n) is 11.1. The van der Waals surface area contributed by atoms with Crippen LogP contribution >= 0.6 is 0 Å². The van der Waals surface area contributed by atoms with Gasteiger partial charge in [-0.3, -0.25) is 0 Å². The third-order valence-corrected chi connectivity index (χ3v) is 3.51. The van der Waals surface area contributed by atoms with Gasteiger partial charge in [0.15, 0.2) is 0 Å². The van der Waals surface area contributed by atoms with Crippen molar-refractivity contribution in [1.82, 2.24) is 0 Å². The highest BCUT2D eigenvalue weighted by atomic mass is 16.6. The normalized spacial score (nSPS) is 22.1. The van der Waals surface area contributed by atoms with Crippen LogP contribution in [-0.4, -0.2) is 12.6 Å². The number of rotatable bonds is 3. The van der Waals surface area contributed by atoms with E-state index in [2.05, 4.69) is 0 Å². The number of hydrogen-bond acceptors (Lipinski definition) is 3. The van der Waals surface area contributed by atoms with Crippen LogP contribution in [0, 0.1) is 0 Å². The molecule has 0 aliphatic carbocycles. The van der Waals surface area contributed by atoms with Gasteiger partial charge in [0.25, 0.3) is 0 Å². The summed E-state index contributed by atoms with van der Waals surface area (Å²) in [6, 6.07) is 19.0. The van der Waals surface area contributed by atoms with Crippen LogP contribution < -0.4 is 4.74 Å². The summed E-state index contributed by atoms with van der Waals surface area (Å²) in [5, 5.41) is 0. The first-order chi connectivity index (χ1) is 9.81. The van der Waals surface area contributed by atoms with Crippen molar-refractivity contribution < 1.29 is 14.3 Å². The molecule has 2 aromatic rings. The molecule has 0 aromatic heterocycles. The van der Waals surface area contributed by atoms with Crippen LogP contribution in [-0.2, 0) is 15.1 Å². The maximum atomic E-state index is 12.4. The molecule has 1 fully saturated rings. The molecule has 3 heteroatoms. The van der Waals surface area contributed by atoms with Crippen molar-refractivity contribution in [3.05, 3.63) is 66.2 Å². The molecule has 0 N–H and O–H groups in total. The molecule has 20 heavy (non-hydrogen) atoms. The lowest BCUT2D eigenvalue weighted by molar-refractivity contribution is -0.171. The molecule has 0 bridgehead atoms. The Balaban J connectivity index is 2.02. The summed E-state index contributed by atoms with van der Waals surface area (Å²) in [6.45, 7) is 0.464. The van der Waals surface area contributed by atoms with Crippen molar-refractivity contribution in [3.63, 3.8) is 0 Å². The number of para-hydroxylation sites is 1. The molecule has 3 nitrogen and oxygen atoms in total. The number of carbonyl (C=O) groups excluding carboxylic acids is 1. The van der Waals surface area contributed by atoms with Gasteiger partial charge in [0.2, 0.25) is 5.60 Å². The molecule has 1 saturated heterocycles. The fourth-order valence-corrected chi connectivity index (χ4v) is 2.52. The Hall–Kier alpha value is -2.29. The summed E-state index contributed by atoms with van der Waals surface area (Å²) in [4.78, 5) is 12.4. The molecule has 2 aromatic carbocycles. The minimum atomic E-state index is -1.03. The van der Waals surface area contributed by atoms with Crippen molar-refractivity contribution in [2.24, 2.45) is 0 Å². The predicted molar refractivity (Wildman–Crippen MR) is 75.4 cm³/mol. The largest absolute Gasteiger partial charge is 0.471 e. The topological polar surface area (TPSA) is 35.5 Å². The molecule has 0 amide bonds. The molecular weight excluding hydrogens is 252 g/mol. The molecule has 1 atom stereocenters. The summed E-state index contributed by atoms with van der Waals surface area (Å²) >= 11 is 0. The smallest absolute Gasteiger partial charge is 0.355 e. The van der Waals surface area contributed by atoms with Crippen LogP contribution in [0.5, 0.6) is 5.75 Å². The van der Waals surface area contributed by atoms with E-state index in [4.69, 9.17) is 9.47 Å². The van der Waals surface area contributed by atoms with E-state index in [1.807, 2.05) is 60.7 Å². The summed E-state index contributed by atoms with van der Waals surface area (Å²) in [6.07, 6.45) is 1.43. The van der Waals surface area contributed by atoms with Crippen molar-refractivity contribution in [2.45, 2.75) is 18.4 Å². The number of cyclic esters (lactones) is 1. The van der Waals surface area contributed by atoms with Crippen molar-refractivity contribution in [2.75, 3.05) is 6.61 Å². The second kappa shape index (κ2) is 5.37. The molecule has 0 spiro atoms. The van der Waals surface area contributed by atoms with E-state index < -0.39 is 5.60 Å². The summed E-state index contributed by atoms with van der Waals surface area (Å²) in [5.74, 6) is 0.369.